The van der Waals surface area contributed by atoms with Gasteiger partial charge in [0, 0.05) is 13.0 Å². The van der Waals surface area contributed by atoms with Crippen LogP contribution in [0, 0.1) is 0 Å². The van der Waals surface area contributed by atoms with Crippen LogP contribution in [0.2, 0.25) is 0 Å². The lowest BCUT2D eigenvalue weighted by Crippen LogP contribution is -2.05. The van der Waals surface area contributed by atoms with Crippen LogP contribution in [0.15, 0.2) is 42.5 Å². The second-order valence-electron chi connectivity index (χ2n) is 3.37. The first-order valence-electron chi connectivity index (χ1n) is 5.03. The van der Waals surface area contributed by atoms with Crippen molar-refractivity contribution in [3.05, 3.63) is 48.0 Å². The first-order valence-corrected chi connectivity index (χ1v) is 5.03. The molecule has 0 fully saturated rings. The molecule has 1 nitrogen and oxygen atoms in total. The molecule has 1 rings (SSSR count). The van der Waals surface area contributed by atoms with Crippen molar-refractivity contribution in [1.82, 2.24) is 0 Å². The molecule has 0 heterocycles. The number of rotatable bonds is 5. The van der Waals surface area contributed by atoms with Crippen LogP contribution in [-0.4, -0.2) is 13.7 Å². The highest BCUT2D eigenvalue weighted by molar-refractivity contribution is 5.20. The molecule has 76 valence electrons. The zero-order valence-electron chi connectivity index (χ0n) is 8.94. The Morgan fingerprint density at radius 1 is 1.29 bits per heavy atom. The summed E-state index contributed by atoms with van der Waals surface area (Å²) in [6.45, 7) is 2.84. The minimum atomic E-state index is 0.484. The summed E-state index contributed by atoms with van der Waals surface area (Å²) in [5.74, 6) is 0.484. The molecule has 1 heteroatoms. The van der Waals surface area contributed by atoms with Gasteiger partial charge < -0.3 is 4.74 Å². The summed E-state index contributed by atoms with van der Waals surface area (Å²) >= 11 is 0. The van der Waals surface area contributed by atoms with E-state index in [1.54, 1.807) is 7.11 Å². The first kappa shape index (κ1) is 11.0. The van der Waals surface area contributed by atoms with Crippen molar-refractivity contribution in [1.29, 1.82) is 0 Å². The first-order chi connectivity index (χ1) is 6.88. The Bertz CT molecular complexity index is 264. The molecule has 0 amide bonds. The van der Waals surface area contributed by atoms with E-state index in [9.17, 15) is 0 Å². The van der Waals surface area contributed by atoms with E-state index in [4.69, 9.17) is 4.74 Å². The SMILES string of the molecule is CC=CCC(COC)c1ccccc1. The Balaban J connectivity index is 2.67. The van der Waals surface area contributed by atoms with Crippen LogP contribution in [0.4, 0.5) is 0 Å². The summed E-state index contributed by atoms with van der Waals surface area (Å²) in [6, 6.07) is 10.5. The highest BCUT2D eigenvalue weighted by atomic mass is 16.5. The van der Waals surface area contributed by atoms with Crippen molar-refractivity contribution >= 4 is 0 Å². The van der Waals surface area contributed by atoms with Gasteiger partial charge in [0.1, 0.15) is 0 Å². The lowest BCUT2D eigenvalue weighted by molar-refractivity contribution is 0.179. The second-order valence-corrected chi connectivity index (χ2v) is 3.37. The maximum absolute atomic E-state index is 5.22. The van der Waals surface area contributed by atoms with Gasteiger partial charge in [0.25, 0.3) is 0 Å². The molecule has 0 N–H and O–H groups in total. The van der Waals surface area contributed by atoms with Gasteiger partial charge in [-0.2, -0.15) is 0 Å². The van der Waals surface area contributed by atoms with E-state index in [1.807, 2.05) is 6.07 Å². The lowest BCUT2D eigenvalue weighted by atomic mass is 9.96. The Hall–Kier alpha value is -1.08. The highest BCUT2D eigenvalue weighted by Gasteiger charge is 2.08. The average molecular weight is 190 g/mol. The molecule has 0 bridgehead atoms. The van der Waals surface area contributed by atoms with Crippen molar-refractivity contribution in [2.45, 2.75) is 19.3 Å². The van der Waals surface area contributed by atoms with Gasteiger partial charge in [0.15, 0.2) is 0 Å². The number of hydrogen-bond acceptors (Lipinski definition) is 1. The molecular weight excluding hydrogens is 172 g/mol. The molecule has 0 saturated carbocycles. The predicted molar refractivity (Wildman–Crippen MR) is 60.5 cm³/mol. The van der Waals surface area contributed by atoms with E-state index < -0.39 is 0 Å². The molecule has 0 aliphatic carbocycles. The lowest BCUT2D eigenvalue weighted by Gasteiger charge is -2.14. The molecule has 0 radical (unpaired) electrons. The van der Waals surface area contributed by atoms with Crippen LogP contribution in [0.25, 0.3) is 0 Å². The maximum atomic E-state index is 5.22. The summed E-state index contributed by atoms with van der Waals surface area (Å²) in [5, 5.41) is 0. The molecule has 0 aliphatic heterocycles. The average Bonchev–Trinajstić information content (AvgIpc) is 2.25. The third kappa shape index (κ3) is 3.35. The number of allylic oxidation sites excluding steroid dienone is 2. The Labute approximate surface area is 86.4 Å². The third-order valence-electron chi connectivity index (χ3n) is 2.30. The van der Waals surface area contributed by atoms with Gasteiger partial charge in [0.2, 0.25) is 0 Å². The van der Waals surface area contributed by atoms with Gasteiger partial charge >= 0.3 is 0 Å². The van der Waals surface area contributed by atoms with Gasteiger partial charge in [-0.1, -0.05) is 42.5 Å². The van der Waals surface area contributed by atoms with Crippen molar-refractivity contribution in [2.24, 2.45) is 0 Å². The Morgan fingerprint density at radius 2 is 2.00 bits per heavy atom. The molecule has 1 aromatic carbocycles. The number of hydrogen-bond donors (Lipinski definition) is 0. The van der Waals surface area contributed by atoms with Crippen molar-refractivity contribution < 1.29 is 4.74 Å². The van der Waals surface area contributed by atoms with Crippen molar-refractivity contribution in [3.63, 3.8) is 0 Å². The largest absolute Gasteiger partial charge is 0.384 e. The monoisotopic (exact) mass is 190 g/mol. The number of benzene rings is 1. The molecule has 0 aliphatic rings. The summed E-state index contributed by atoms with van der Waals surface area (Å²) < 4.78 is 5.22. The zero-order chi connectivity index (χ0) is 10.2. The normalized spacial score (nSPS) is 13.3. The summed E-state index contributed by atoms with van der Waals surface area (Å²) in [7, 11) is 1.76. The molecule has 0 saturated heterocycles. The summed E-state index contributed by atoms with van der Waals surface area (Å²) in [6.07, 6.45) is 5.33. The topological polar surface area (TPSA) is 9.23 Å². The molecule has 14 heavy (non-hydrogen) atoms. The molecule has 1 unspecified atom stereocenters. The molecule has 1 aromatic rings. The van der Waals surface area contributed by atoms with Crippen LogP contribution in [0.1, 0.15) is 24.8 Å². The minimum Gasteiger partial charge on any atom is -0.384 e. The van der Waals surface area contributed by atoms with Gasteiger partial charge in [-0.25, -0.2) is 0 Å². The molecule has 0 spiro atoms. The van der Waals surface area contributed by atoms with Gasteiger partial charge in [-0.3, -0.25) is 0 Å². The van der Waals surface area contributed by atoms with E-state index in [-0.39, 0.29) is 0 Å². The van der Waals surface area contributed by atoms with Crippen LogP contribution < -0.4 is 0 Å². The molecule has 1 atom stereocenters. The van der Waals surface area contributed by atoms with Crippen LogP contribution in [-0.2, 0) is 4.74 Å². The van der Waals surface area contributed by atoms with Crippen molar-refractivity contribution in [3.8, 4) is 0 Å². The minimum absolute atomic E-state index is 0.484. The smallest absolute Gasteiger partial charge is 0.0533 e. The van der Waals surface area contributed by atoms with E-state index in [0.29, 0.717) is 5.92 Å². The van der Waals surface area contributed by atoms with Gasteiger partial charge in [0.05, 0.1) is 6.61 Å². The Kier molecular flexibility index (Phi) is 5.02. The predicted octanol–water partition coefficient (Wildman–Crippen LogP) is 3.38. The molecular formula is C13H18O. The van der Waals surface area contributed by atoms with E-state index >= 15 is 0 Å². The number of ether oxygens (including phenoxy) is 1. The fraction of sp³-hybridized carbons (Fsp3) is 0.385. The quantitative estimate of drug-likeness (QED) is 0.647. The summed E-state index contributed by atoms with van der Waals surface area (Å²) in [4.78, 5) is 0. The van der Waals surface area contributed by atoms with Crippen LogP contribution in [0.3, 0.4) is 0 Å². The maximum Gasteiger partial charge on any atom is 0.0533 e. The van der Waals surface area contributed by atoms with E-state index in [0.717, 1.165) is 13.0 Å². The fourth-order valence-electron chi connectivity index (χ4n) is 1.53. The summed E-state index contributed by atoms with van der Waals surface area (Å²) in [5.41, 5.74) is 1.35. The van der Waals surface area contributed by atoms with Gasteiger partial charge in [-0.05, 0) is 18.9 Å². The fourth-order valence-corrected chi connectivity index (χ4v) is 1.53. The third-order valence-corrected chi connectivity index (χ3v) is 2.30. The van der Waals surface area contributed by atoms with Crippen LogP contribution >= 0.6 is 0 Å². The van der Waals surface area contributed by atoms with Gasteiger partial charge in [-0.15, -0.1) is 0 Å². The van der Waals surface area contributed by atoms with Crippen LogP contribution in [0.5, 0.6) is 0 Å². The van der Waals surface area contributed by atoms with E-state index in [1.165, 1.54) is 5.56 Å². The highest BCUT2D eigenvalue weighted by Crippen LogP contribution is 2.19. The van der Waals surface area contributed by atoms with Crippen molar-refractivity contribution in [2.75, 3.05) is 13.7 Å². The molecule has 0 aromatic heterocycles. The Morgan fingerprint density at radius 3 is 2.57 bits per heavy atom. The standard InChI is InChI=1S/C13H18O/c1-3-4-8-13(11-14-2)12-9-6-5-7-10-12/h3-7,9-10,13H,8,11H2,1-2H3. The second kappa shape index (κ2) is 6.39. The number of methoxy groups -OCH3 is 1. The van der Waals surface area contributed by atoms with E-state index in [2.05, 4.69) is 43.3 Å². The zero-order valence-corrected chi connectivity index (χ0v) is 8.94.